The van der Waals surface area contributed by atoms with Crippen molar-refractivity contribution >= 4 is 51.1 Å². The van der Waals surface area contributed by atoms with Gasteiger partial charge in [-0.15, -0.1) is 12.4 Å². The summed E-state index contributed by atoms with van der Waals surface area (Å²) in [5, 5.41) is 0.718. The first kappa shape index (κ1) is 25.6. The molecule has 0 atom stereocenters. The third-order valence-electron chi connectivity index (χ3n) is 5.14. The van der Waals surface area contributed by atoms with Crippen molar-refractivity contribution < 1.29 is 14.3 Å². The van der Waals surface area contributed by atoms with Gasteiger partial charge in [-0.2, -0.15) is 0 Å². The number of carbonyl (C=O) groups is 1. The second-order valence-corrected chi connectivity index (χ2v) is 7.94. The molecular formula is C24H30ClN3O3S. The van der Waals surface area contributed by atoms with E-state index in [0.717, 1.165) is 40.5 Å². The zero-order valence-electron chi connectivity index (χ0n) is 18.9. The molecule has 2 aromatic carbocycles. The molecule has 32 heavy (non-hydrogen) atoms. The van der Waals surface area contributed by atoms with Crippen molar-refractivity contribution in [2.75, 3.05) is 45.3 Å². The van der Waals surface area contributed by atoms with Crippen LogP contribution in [0.2, 0.25) is 0 Å². The maximum absolute atomic E-state index is 13.2. The van der Waals surface area contributed by atoms with Gasteiger partial charge in [-0.3, -0.25) is 9.69 Å². The summed E-state index contributed by atoms with van der Waals surface area (Å²) in [6, 6.07) is 13.5. The van der Waals surface area contributed by atoms with E-state index in [9.17, 15) is 4.79 Å². The van der Waals surface area contributed by atoms with Gasteiger partial charge in [-0.05, 0) is 49.0 Å². The summed E-state index contributed by atoms with van der Waals surface area (Å²) < 4.78 is 11.7. The molecule has 3 rings (SSSR count). The second kappa shape index (κ2) is 12.4. The molecule has 0 aliphatic rings. The lowest BCUT2D eigenvalue weighted by atomic mass is 10.2. The van der Waals surface area contributed by atoms with Crippen molar-refractivity contribution in [3.05, 3.63) is 54.1 Å². The van der Waals surface area contributed by atoms with E-state index < -0.39 is 0 Å². The predicted molar refractivity (Wildman–Crippen MR) is 136 cm³/mol. The second-order valence-electron chi connectivity index (χ2n) is 6.93. The number of hydrogen-bond donors (Lipinski definition) is 0. The Bertz CT molecular complexity index is 1020. The lowest BCUT2D eigenvalue weighted by Gasteiger charge is -2.23. The van der Waals surface area contributed by atoms with Crippen LogP contribution < -0.4 is 14.4 Å². The molecule has 0 unspecified atom stereocenters. The van der Waals surface area contributed by atoms with Gasteiger partial charge in [0, 0.05) is 19.2 Å². The van der Waals surface area contributed by atoms with Gasteiger partial charge in [0.25, 0.3) is 5.91 Å². The van der Waals surface area contributed by atoms with Crippen molar-refractivity contribution in [2.24, 2.45) is 0 Å². The van der Waals surface area contributed by atoms with Gasteiger partial charge in [0.05, 0.1) is 24.4 Å². The van der Waals surface area contributed by atoms with Crippen LogP contribution in [0.4, 0.5) is 5.13 Å². The van der Waals surface area contributed by atoms with Crippen LogP contribution >= 0.6 is 23.7 Å². The molecule has 0 spiro atoms. The van der Waals surface area contributed by atoms with E-state index in [-0.39, 0.29) is 18.3 Å². The Morgan fingerprint density at radius 2 is 1.75 bits per heavy atom. The molecule has 1 aromatic heterocycles. The average Bonchev–Trinajstić information content (AvgIpc) is 3.24. The maximum Gasteiger partial charge on any atom is 0.252 e. The quantitative estimate of drug-likeness (QED) is 0.381. The summed E-state index contributed by atoms with van der Waals surface area (Å²) in [7, 11) is 3.20. The van der Waals surface area contributed by atoms with Crippen molar-refractivity contribution in [3.8, 4) is 11.5 Å². The first-order chi connectivity index (χ1) is 15.1. The van der Waals surface area contributed by atoms with E-state index >= 15 is 0 Å². The van der Waals surface area contributed by atoms with Crippen LogP contribution in [-0.4, -0.2) is 56.2 Å². The molecule has 0 saturated carbocycles. The minimum absolute atomic E-state index is 0. The molecule has 0 fully saturated rings. The van der Waals surface area contributed by atoms with E-state index in [1.54, 1.807) is 31.3 Å². The maximum atomic E-state index is 13.2. The zero-order chi connectivity index (χ0) is 22.2. The van der Waals surface area contributed by atoms with Gasteiger partial charge >= 0.3 is 0 Å². The number of benzene rings is 2. The first-order valence-corrected chi connectivity index (χ1v) is 11.2. The molecule has 172 valence electrons. The number of halogens is 1. The van der Waals surface area contributed by atoms with Crippen molar-refractivity contribution in [1.29, 1.82) is 0 Å². The van der Waals surface area contributed by atoms with Crippen LogP contribution in [0.15, 0.2) is 48.5 Å². The van der Waals surface area contributed by atoms with Crippen LogP contribution in [0.1, 0.15) is 19.4 Å². The Morgan fingerprint density at radius 1 is 1.03 bits per heavy atom. The van der Waals surface area contributed by atoms with E-state index in [2.05, 4.69) is 18.7 Å². The molecule has 0 saturated heterocycles. The number of hydrogen-bond acceptors (Lipinski definition) is 6. The van der Waals surface area contributed by atoms with Crippen LogP contribution in [0.25, 0.3) is 16.3 Å². The Kier molecular flexibility index (Phi) is 9.97. The lowest BCUT2D eigenvalue weighted by Crippen LogP contribution is -2.38. The Morgan fingerprint density at radius 3 is 2.41 bits per heavy atom. The van der Waals surface area contributed by atoms with Crippen LogP contribution in [0, 0.1) is 0 Å². The van der Waals surface area contributed by atoms with Gasteiger partial charge in [0.15, 0.2) is 16.6 Å². The van der Waals surface area contributed by atoms with Crippen molar-refractivity contribution in [2.45, 2.75) is 13.8 Å². The van der Waals surface area contributed by atoms with Crippen LogP contribution in [0.5, 0.6) is 11.5 Å². The first-order valence-electron chi connectivity index (χ1n) is 10.4. The van der Waals surface area contributed by atoms with E-state index in [1.165, 1.54) is 11.3 Å². The summed E-state index contributed by atoms with van der Waals surface area (Å²) in [4.78, 5) is 22.0. The highest BCUT2D eigenvalue weighted by Crippen LogP contribution is 2.30. The molecule has 0 N–H and O–H groups in total. The molecule has 0 aliphatic carbocycles. The number of fused-ring (bicyclic) bond motifs is 1. The van der Waals surface area contributed by atoms with Crippen LogP contribution in [0.3, 0.4) is 0 Å². The molecular weight excluding hydrogens is 446 g/mol. The number of amides is 1. The van der Waals surface area contributed by atoms with Crippen LogP contribution in [-0.2, 0) is 4.79 Å². The van der Waals surface area contributed by atoms with Gasteiger partial charge in [0.1, 0.15) is 0 Å². The number of carbonyl (C=O) groups excluding carboxylic acids is 1. The number of likely N-dealkylation sites (N-methyl/N-ethyl adjacent to an activating group) is 1. The number of para-hydroxylation sites is 1. The third kappa shape index (κ3) is 6.22. The third-order valence-corrected chi connectivity index (χ3v) is 6.20. The Labute approximate surface area is 199 Å². The number of aromatic nitrogens is 1. The molecule has 1 heterocycles. The number of rotatable bonds is 10. The Hall–Kier alpha value is -2.61. The highest BCUT2D eigenvalue weighted by Gasteiger charge is 2.18. The van der Waals surface area contributed by atoms with Gasteiger partial charge < -0.3 is 14.4 Å². The Balaban J connectivity index is 0.00000363. The molecule has 0 aliphatic heterocycles. The molecule has 8 heteroatoms. The number of ether oxygens (including phenoxy) is 2. The highest BCUT2D eigenvalue weighted by molar-refractivity contribution is 7.22. The van der Waals surface area contributed by atoms with E-state index in [1.807, 2.05) is 42.5 Å². The van der Waals surface area contributed by atoms with Gasteiger partial charge in [-0.25, -0.2) is 4.98 Å². The normalized spacial score (nSPS) is 11.0. The molecule has 1 amide bonds. The summed E-state index contributed by atoms with van der Waals surface area (Å²) in [5.41, 5.74) is 1.77. The largest absolute Gasteiger partial charge is 0.493 e. The number of nitrogens with zero attached hydrogens (tertiary/aromatic N) is 3. The van der Waals surface area contributed by atoms with E-state index in [4.69, 9.17) is 14.5 Å². The summed E-state index contributed by atoms with van der Waals surface area (Å²) in [5.74, 6) is 1.18. The molecule has 0 radical (unpaired) electrons. The number of anilines is 1. The van der Waals surface area contributed by atoms with Gasteiger partial charge in [-0.1, -0.05) is 43.4 Å². The monoisotopic (exact) mass is 475 g/mol. The fraction of sp³-hybridized carbons (Fsp3) is 0.333. The fourth-order valence-corrected chi connectivity index (χ4v) is 4.27. The van der Waals surface area contributed by atoms with E-state index in [0.29, 0.717) is 18.0 Å². The number of thiazole rings is 1. The summed E-state index contributed by atoms with van der Waals surface area (Å²) >= 11 is 1.54. The smallest absolute Gasteiger partial charge is 0.252 e. The molecule has 3 aromatic rings. The minimum atomic E-state index is -0.0963. The highest BCUT2D eigenvalue weighted by atomic mass is 35.5. The summed E-state index contributed by atoms with van der Waals surface area (Å²) in [6.45, 7) is 7.52. The van der Waals surface area contributed by atoms with Gasteiger partial charge in [0.2, 0.25) is 0 Å². The standard InChI is InChI=1S/C24H29N3O3S.ClH/c1-5-26(6-2)15-16-27(24-25-19-9-7-8-10-22(19)31-24)23(28)14-12-18-11-13-20(29-3)21(17-18)30-4;/h7-14,17H,5-6,15-16H2,1-4H3;1H. The predicted octanol–water partition coefficient (Wildman–Crippen LogP) is 5.12. The van der Waals surface area contributed by atoms with Crippen molar-refractivity contribution in [1.82, 2.24) is 9.88 Å². The SMILES string of the molecule is CCN(CC)CCN(C(=O)C=Cc1ccc(OC)c(OC)c1)c1nc2ccccc2s1.Cl. The topological polar surface area (TPSA) is 54.9 Å². The molecule has 0 bridgehead atoms. The average molecular weight is 476 g/mol. The minimum Gasteiger partial charge on any atom is -0.493 e. The lowest BCUT2D eigenvalue weighted by molar-refractivity contribution is -0.114. The number of methoxy groups -OCH3 is 2. The zero-order valence-corrected chi connectivity index (χ0v) is 20.5. The fourth-order valence-electron chi connectivity index (χ4n) is 3.27. The summed E-state index contributed by atoms with van der Waals surface area (Å²) in [6.07, 6.45) is 3.39. The van der Waals surface area contributed by atoms with Crippen molar-refractivity contribution in [3.63, 3.8) is 0 Å². The molecule has 6 nitrogen and oxygen atoms in total.